The van der Waals surface area contributed by atoms with E-state index in [4.69, 9.17) is 23.7 Å². The Labute approximate surface area is 196 Å². The number of carbonyl (C=O) groups is 2. The lowest BCUT2D eigenvalue weighted by molar-refractivity contribution is -0.123. The van der Waals surface area contributed by atoms with Crippen LogP contribution < -0.4 is 29.1 Å². The van der Waals surface area contributed by atoms with Crippen LogP contribution in [0.25, 0.3) is 0 Å². The molecule has 0 atom stereocenters. The minimum absolute atomic E-state index is 0.201. The van der Waals surface area contributed by atoms with E-state index in [9.17, 15) is 9.59 Å². The number of amides is 1. The lowest BCUT2D eigenvalue weighted by Crippen LogP contribution is -2.24. The zero-order valence-corrected chi connectivity index (χ0v) is 18.9. The maximum Gasteiger partial charge on any atom is 0.343 e. The lowest BCUT2D eigenvalue weighted by Gasteiger charge is -2.10. The maximum absolute atomic E-state index is 12.4. The summed E-state index contributed by atoms with van der Waals surface area (Å²) < 4.78 is 26.3. The standard InChI is InChI=1S/C25H24N2O7/c1-30-19-7-5-18(6-8-19)25(29)34-22-13-4-17(14-23(22)32-3)15-26-27-24(28)16-33-21-11-9-20(31-2)10-12-21/h4-15H,16H2,1-3H3,(H,27,28)/b26-15-. The molecule has 0 aliphatic heterocycles. The molecule has 0 aliphatic rings. The van der Waals surface area contributed by atoms with E-state index in [-0.39, 0.29) is 12.4 Å². The van der Waals surface area contributed by atoms with Gasteiger partial charge in [0.05, 0.1) is 33.1 Å². The van der Waals surface area contributed by atoms with Crippen LogP contribution in [-0.2, 0) is 4.79 Å². The minimum Gasteiger partial charge on any atom is -0.497 e. The highest BCUT2D eigenvalue weighted by Gasteiger charge is 2.13. The summed E-state index contributed by atoms with van der Waals surface area (Å²) in [5.74, 6) is 1.48. The smallest absolute Gasteiger partial charge is 0.343 e. The van der Waals surface area contributed by atoms with Gasteiger partial charge < -0.3 is 23.7 Å². The third-order valence-corrected chi connectivity index (χ3v) is 4.55. The molecule has 0 saturated heterocycles. The van der Waals surface area contributed by atoms with Crippen LogP contribution in [0.3, 0.4) is 0 Å². The topological polar surface area (TPSA) is 105 Å². The summed E-state index contributed by atoms with van der Waals surface area (Å²) in [5, 5.41) is 3.91. The predicted octanol–water partition coefficient (Wildman–Crippen LogP) is 3.46. The average Bonchev–Trinajstić information content (AvgIpc) is 2.88. The van der Waals surface area contributed by atoms with E-state index in [0.717, 1.165) is 0 Å². The molecule has 1 amide bonds. The molecule has 3 aromatic rings. The number of hydrogen-bond acceptors (Lipinski definition) is 8. The Bertz CT molecular complexity index is 1140. The molecule has 3 aromatic carbocycles. The molecule has 0 aliphatic carbocycles. The Morgan fingerprint density at radius 1 is 0.794 bits per heavy atom. The zero-order valence-electron chi connectivity index (χ0n) is 18.9. The molecule has 0 aromatic heterocycles. The van der Waals surface area contributed by atoms with Crippen LogP contribution in [-0.4, -0.2) is 46.0 Å². The van der Waals surface area contributed by atoms with Gasteiger partial charge in [-0.2, -0.15) is 5.10 Å². The highest BCUT2D eigenvalue weighted by molar-refractivity contribution is 5.92. The number of methoxy groups -OCH3 is 3. The highest BCUT2D eigenvalue weighted by Crippen LogP contribution is 2.28. The van der Waals surface area contributed by atoms with Crippen LogP contribution in [0.5, 0.6) is 28.7 Å². The maximum atomic E-state index is 12.4. The fourth-order valence-electron chi connectivity index (χ4n) is 2.77. The van der Waals surface area contributed by atoms with Gasteiger partial charge in [-0.25, -0.2) is 10.2 Å². The summed E-state index contributed by atoms with van der Waals surface area (Å²) in [5.41, 5.74) is 3.37. The molecule has 0 heterocycles. The number of benzene rings is 3. The van der Waals surface area contributed by atoms with Gasteiger partial charge in [-0.15, -0.1) is 0 Å². The number of esters is 1. The molecular weight excluding hydrogens is 440 g/mol. The fraction of sp³-hybridized carbons (Fsp3) is 0.160. The van der Waals surface area contributed by atoms with Gasteiger partial charge in [0.25, 0.3) is 5.91 Å². The third kappa shape index (κ3) is 6.73. The SMILES string of the molecule is COc1ccc(OCC(=O)N/N=C\c2ccc(OC(=O)c3ccc(OC)cc3)c(OC)c2)cc1. The van der Waals surface area contributed by atoms with E-state index in [0.29, 0.717) is 34.1 Å². The molecule has 0 spiro atoms. The second-order valence-electron chi connectivity index (χ2n) is 6.79. The second-order valence-corrected chi connectivity index (χ2v) is 6.79. The van der Waals surface area contributed by atoms with Gasteiger partial charge in [-0.05, 0) is 72.3 Å². The molecule has 0 bridgehead atoms. The predicted molar refractivity (Wildman–Crippen MR) is 125 cm³/mol. The van der Waals surface area contributed by atoms with Crippen LogP contribution in [0.1, 0.15) is 15.9 Å². The number of hydrogen-bond donors (Lipinski definition) is 1. The first-order chi connectivity index (χ1) is 16.5. The minimum atomic E-state index is -0.536. The largest absolute Gasteiger partial charge is 0.497 e. The molecule has 0 fully saturated rings. The Morgan fingerprint density at radius 2 is 1.41 bits per heavy atom. The van der Waals surface area contributed by atoms with E-state index in [1.165, 1.54) is 13.3 Å². The van der Waals surface area contributed by atoms with Crippen molar-refractivity contribution in [2.75, 3.05) is 27.9 Å². The first-order valence-corrected chi connectivity index (χ1v) is 10.2. The molecule has 176 valence electrons. The van der Waals surface area contributed by atoms with Crippen LogP contribution in [0, 0.1) is 0 Å². The van der Waals surface area contributed by atoms with Gasteiger partial charge in [0.15, 0.2) is 18.1 Å². The van der Waals surface area contributed by atoms with Crippen molar-refractivity contribution < 1.29 is 33.3 Å². The summed E-state index contributed by atoms with van der Waals surface area (Å²) in [6.45, 7) is -0.201. The Morgan fingerprint density at radius 3 is 2.03 bits per heavy atom. The van der Waals surface area contributed by atoms with Crippen molar-refractivity contribution in [1.29, 1.82) is 0 Å². The second kappa shape index (κ2) is 11.9. The highest BCUT2D eigenvalue weighted by atomic mass is 16.6. The molecule has 1 N–H and O–H groups in total. The quantitative estimate of drug-likeness (QED) is 0.212. The molecule has 0 saturated carbocycles. The molecule has 3 rings (SSSR count). The molecular formula is C25H24N2O7. The van der Waals surface area contributed by atoms with Gasteiger partial charge >= 0.3 is 5.97 Å². The van der Waals surface area contributed by atoms with Crippen molar-refractivity contribution in [2.24, 2.45) is 5.10 Å². The van der Waals surface area contributed by atoms with Crippen molar-refractivity contribution in [3.8, 4) is 28.7 Å². The third-order valence-electron chi connectivity index (χ3n) is 4.55. The van der Waals surface area contributed by atoms with Crippen LogP contribution in [0.2, 0.25) is 0 Å². The summed E-state index contributed by atoms with van der Waals surface area (Å²) in [6.07, 6.45) is 1.43. The van der Waals surface area contributed by atoms with E-state index < -0.39 is 11.9 Å². The zero-order chi connectivity index (χ0) is 24.3. The van der Waals surface area contributed by atoms with E-state index in [1.807, 2.05) is 0 Å². The normalized spacial score (nSPS) is 10.4. The number of carbonyl (C=O) groups excluding carboxylic acids is 2. The monoisotopic (exact) mass is 464 g/mol. The van der Waals surface area contributed by atoms with E-state index in [1.54, 1.807) is 80.9 Å². The number of nitrogens with one attached hydrogen (secondary N) is 1. The van der Waals surface area contributed by atoms with Crippen LogP contribution in [0.4, 0.5) is 0 Å². The first-order valence-electron chi connectivity index (χ1n) is 10.2. The summed E-state index contributed by atoms with van der Waals surface area (Å²) in [7, 11) is 4.57. The van der Waals surface area contributed by atoms with Crippen LogP contribution >= 0.6 is 0 Å². The van der Waals surface area contributed by atoms with Crippen molar-refractivity contribution in [2.45, 2.75) is 0 Å². The average molecular weight is 464 g/mol. The van der Waals surface area contributed by atoms with Gasteiger partial charge in [0, 0.05) is 0 Å². The van der Waals surface area contributed by atoms with Crippen LogP contribution in [0.15, 0.2) is 71.8 Å². The molecule has 0 unspecified atom stereocenters. The van der Waals surface area contributed by atoms with Gasteiger partial charge in [0.1, 0.15) is 17.2 Å². The number of nitrogens with zero attached hydrogens (tertiary/aromatic N) is 1. The first kappa shape index (κ1) is 24.1. The molecule has 34 heavy (non-hydrogen) atoms. The summed E-state index contributed by atoms with van der Waals surface area (Å²) in [4.78, 5) is 24.3. The molecule has 9 nitrogen and oxygen atoms in total. The van der Waals surface area contributed by atoms with E-state index in [2.05, 4.69) is 10.5 Å². The fourth-order valence-corrected chi connectivity index (χ4v) is 2.77. The van der Waals surface area contributed by atoms with Crippen molar-refractivity contribution in [1.82, 2.24) is 5.43 Å². The van der Waals surface area contributed by atoms with Crippen molar-refractivity contribution in [3.05, 3.63) is 77.9 Å². The molecule has 0 radical (unpaired) electrons. The Kier molecular flexibility index (Phi) is 8.45. The number of rotatable bonds is 10. The summed E-state index contributed by atoms with van der Waals surface area (Å²) in [6, 6.07) is 18.3. The number of ether oxygens (including phenoxy) is 5. The summed E-state index contributed by atoms with van der Waals surface area (Å²) >= 11 is 0. The van der Waals surface area contributed by atoms with Gasteiger partial charge in [-0.3, -0.25) is 4.79 Å². The van der Waals surface area contributed by atoms with Crippen molar-refractivity contribution >= 4 is 18.1 Å². The molecule has 9 heteroatoms. The van der Waals surface area contributed by atoms with Crippen molar-refractivity contribution in [3.63, 3.8) is 0 Å². The van der Waals surface area contributed by atoms with Gasteiger partial charge in [0.2, 0.25) is 0 Å². The van der Waals surface area contributed by atoms with Gasteiger partial charge in [-0.1, -0.05) is 0 Å². The Hall–Kier alpha value is -4.53. The Balaban J connectivity index is 1.54. The lowest BCUT2D eigenvalue weighted by atomic mass is 10.2. The van der Waals surface area contributed by atoms with E-state index >= 15 is 0 Å². The number of hydrazone groups is 1.